The van der Waals surface area contributed by atoms with Gasteiger partial charge < -0.3 is 16.4 Å². The molecule has 0 bridgehead atoms. The third-order valence-electron chi connectivity index (χ3n) is 3.62. The van der Waals surface area contributed by atoms with Gasteiger partial charge in [0.1, 0.15) is 0 Å². The zero-order chi connectivity index (χ0) is 13.1. The second kappa shape index (κ2) is 5.78. The van der Waals surface area contributed by atoms with Crippen molar-refractivity contribution in [2.45, 2.75) is 33.1 Å². The van der Waals surface area contributed by atoms with E-state index in [0.29, 0.717) is 4.99 Å². The molecule has 0 radical (unpaired) electrons. The van der Waals surface area contributed by atoms with E-state index in [1.165, 1.54) is 0 Å². The van der Waals surface area contributed by atoms with E-state index in [0.717, 1.165) is 38.9 Å². The maximum absolute atomic E-state index is 11.0. The van der Waals surface area contributed by atoms with Crippen LogP contribution < -0.4 is 11.5 Å². The predicted octanol–water partition coefficient (Wildman–Crippen LogP) is 0.886. The van der Waals surface area contributed by atoms with Crippen molar-refractivity contribution in [1.29, 1.82) is 0 Å². The van der Waals surface area contributed by atoms with Crippen LogP contribution >= 0.6 is 12.2 Å². The summed E-state index contributed by atoms with van der Waals surface area (Å²) in [6, 6.07) is 0. The average molecular weight is 257 g/mol. The Morgan fingerprint density at radius 3 is 2.59 bits per heavy atom. The molecule has 1 aliphatic rings. The van der Waals surface area contributed by atoms with E-state index in [1.807, 2.05) is 0 Å². The minimum absolute atomic E-state index is 0.0404. The Bertz CT molecular complexity index is 304. The van der Waals surface area contributed by atoms with E-state index in [-0.39, 0.29) is 17.2 Å². The van der Waals surface area contributed by atoms with Crippen LogP contribution in [0.5, 0.6) is 0 Å². The van der Waals surface area contributed by atoms with Crippen LogP contribution in [0.25, 0.3) is 0 Å². The smallest absolute Gasteiger partial charge is 0.221 e. The van der Waals surface area contributed by atoms with Gasteiger partial charge in [-0.15, -0.1) is 0 Å². The molecular formula is C12H23N3OS. The summed E-state index contributed by atoms with van der Waals surface area (Å²) in [6.45, 7) is 6.93. The van der Waals surface area contributed by atoms with Gasteiger partial charge in [-0.2, -0.15) is 0 Å². The van der Waals surface area contributed by atoms with Gasteiger partial charge in [0.05, 0.1) is 10.9 Å². The second-order valence-electron chi connectivity index (χ2n) is 5.54. The second-order valence-corrected chi connectivity index (χ2v) is 5.98. The molecule has 0 saturated carbocycles. The fraction of sp³-hybridized carbons (Fsp3) is 0.833. The van der Waals surface area contributed by atoms with Crippen LogP contribution in [0.15, 0.2) is 0 Å². The van der Waals surface area contributed by atoms with E-state index in [1.54, 1.807) is 0 Å². The molecule has 1 aliphatic heterocycles. The number of amides is 1. The zero-order valence-electron chi connectivity index (χ0n) is 10.7. The van der Waals surface area contributed by atoms with Crippen molar-refractivity contribution < 1.29 is 4.79 Å². The van der Waals surface area contributed by atoms with E-state index in [4.69, 9.17) is 23.7 Å². The van der Waals surface area contributed by atoms with Crippen LogP contribution in [-0.2, 0) is 4.79 Å². The van der Waals surface area contributed by atoms with Gasteiger partial charge in [-0.25, -0.2) is 0 Å². The Hall–Kier alpha value is -0.680. The van der Waals surface area contributed by atoms with Crippen molar-refractivity contribution in [2.75, 3.05) is 19.6 Å². The topological polar surface area (TPSA) is 72.3 Å². The van der Waals surface area contributed by atoms with Gasteiger partial charge in [0, 0.05) is 12.0 Å². The van der Waals surface area contributed by atoms with Crippen molar-refractivity contribution in [3.63, 3.8) is 0 Å². The zero-order valence-corrected chi connectivity index (χ0v) is 11.6. The molecule has 98 valence electrons. The molecule has 1 atom stereocenters. The first-order chi connectivity index (χ1) is 7.83. The summed E-state index contributed by atoms with van der Waals surface area (Å²) < 4.78 is 0. The fourth-order valence-electron chi connectivity index (χ4n) is 2.14. The third kappa shape index (κ3) is 4.24. The molecule has 17 heavy (non-hydrogen) atoms. The van der Waals surface area contributed by atoms with Gasteiger partial charge in [-0.3, -0.25) is 4.79 Å². The summed E-state index contributed by atoms with van der Waals surface area (Å²) in [4.78, 5) is 13.9. The molecule has 0 aromatic heterocycles. The Morgan fingerprint density at radius 2 is 2.12 bits per heavy atom. The average Bonchev–Trinajstić information content (AvgIpc) is 2.66. The lowest BCUT2D eigenvalue weighted by Gasteiger charge is -2.24. The first-order valence-electron chi connectivity index (χ1n) is 6.14. The molecule has 1 heterocycles. The highest BCUT2D eigenvalue weighted by molar-refractivity contribution is 7.80. The van der Waals surface area contributed by atoms with Crippen molar-refractivity contribution in [3.8, 4) is 0 Å². The Labute approximate surface area is 109 Å². The number of likely N-dealkylation sites (tertiary alicyclic amines) is 1. The summed E-state index contributed by atoms with van der Waals surface area (Å²) in [5, 5.41) is 0. The molecule has 0 aliphatic carbocycles. The summed E-state index contributed by atoms with van der Waals surface area (Å²) in [6.07, 6.45) is 2.93. The van der Waals surface area contributed by atoms with E-state index in [2.05, 4.69) is 18.7 Å². The summed E-state index contributed by atoms with van der Waals surface area (Å²) in [5.74, 6) is -0.130. The molecule has 1 amide bonds. The maximum atomic E-state index is 11.0. The van der Waals surface area contributed by atoms with Gasteiger partial charge in [0.15, 0.2) is 0 Å². The minimum Gasteiger partial charge on any atom is -0.393 e. The number of rotatable bonds is 6. The lowest BCUT2D eigenvalue weighted by molar-refractivity contribution is -0.121. The van der Waals surface area contributed by atoms with Crippen molar-refractivity contribution in [1.82, 2.24) is 4.90 Å². The Kier molecular flexibility index (Phi) is 4.89. The number of nitrogens with two attached hydrogens (primary N) is 2. The molecule has 5 heteroatoms. The standard InChI is InChI=1S/C12H23N3OS/c1-12(2,11(14)17)5-3-6-15-7-4-9(8-15)10(13)16/h9H,3-8H2,1-2H3,(H2,13,16)(H2,14,17). The quantitative estimate of drug-likeness (QED) is 0.693. The van der Waals surface area contributed by atoms with Crippen molar-refractivity contribution in [3.05, 3.63) is 0 Å². The Balaban J connectivity index is 2.25. The molecule has 4 N–H and O–H groups in total. The highest BCUT2D eigenvalue weighted by Crippen LogP contribution is 2.24. The van der Waals surface area contributed by atoms with Crippen molar-refractivity contribution >= 4 is 23.1 Å². The van der Waals surface area contributed by atoms with Crippen LogP contribution in [0.1, 0.15) is 33.1 Å². The normalized spacial score (nSPS) is 21.6. The van der Waals surface area contributed by atoms with Gasteiger partial charge in [0.25, 0.3) is 0 Å². The molecule has 0 spiro atoms. The third-order valence-corrected chi connectivity index (χ3v) is 4.17. The molecule has 1 unspecified atom stereocenters. The van der Waals surface area contributed by atoms with E-state index in [9.17, 15) is 4.79 Å². The van der Waals surface area contributed by atoms with Crippen LogP contribution in [0.3, 0.4) is 0 Å². The largest absolute Gasteiger partial charge is 0.393 e. The molecule has 1 fully saturated rings. The van der Waals surface area contributed by atoms with Gasteiger partial charge in [-0.1, -0.05) is 26.1 Å². The molecular weight excluding hydrogens is 234 g/mol. The molecule has 4 nitrogen and oxygen atoms in total. The summed E-state index contributed by atoms with van der Waals surface area (Å²) in [7, 11) is 0. The highest BCUT2D eigenvalue weighted by Gasteiger charge is 2.27. The molecule has 1 rings (SSSR count). The van der Waals surface area contributed by atoms with Crippen LogP contribution in [0, 0.1) is 11.3 Å². The SMILES string of the molecule is CC(C)(CCCN1CCC(C(N)=O)C1)C(N)=S. The number of primary amides is 1. The number of carbonyl (C=O) groups is 1. The maximum Gasteiger partial charge on any atom is 0.221 e. The number of carbonyl (C=O) groups excluding carboxylic acids is 1. The van der Waals surface area contributed by atoms with Crippen LogP contribution in [-0.4, -0.2) is 35.4 Å². The van der Waals surface area contributed by atoms with E-state index < -0.39 is 0 Å². The first-order valence-corrected chi connectivity index (χ1v) is 6.55. The van der Waals surface area contributed by atoms with Gasteiger partial charge in [-0.05, 0) is 32.4 Å². The van der Waals surface area contributed by atoms with E-state index >= 15 is 0 Å². The number of thiocarbonyl (C=S) groups is 1. The molecule has 1 saturated heterocycles. The van der Waals surface area contributed by atoms with Gasteiger partial charge in [0.2, 0.25) is 5.91 Å². The molecule has 0 aromatic rings. The number of hydrogen-bond acceptors (Lipinski definition) is 3. The van der Waals surface area contributed by atoms with Gasteiger partial charge >= 0.3 is 0 Å². The van der Waals surface area contributed by atoms with Crippen molar-refractivity contribution in [2.24, 2.45) is 22.8 Å². The Morgan fingerprint density at radius 1 is 1.47 bits per heavy atom. The lowest BCUT2D eigenvalue weighted by atomic mass is 9.88. The molecule has 0 aromatic carbocycles. The minimum atomic E-state index is -0.170. The fourth-order valence-corrected chi connectivity index (χ4v) is 2.24. The van der Waals surface area contributed by atoms with Crippen LogP contribution in [0.2, 0.25) is 0 Å². The summed E-state index contributed by atoms with van der Waals surface area (Å²) in [5.41, 5.74) is 10.9. The summed E-state index contributed by atoms with van der Waals surface area (Å²) >= 11 is 5.04. The number of hydrogen-bond donors (Lipinski definition) is 2. The lowest BCUT2D eigenvalue weighted by Crippen LogP contribution is -2.32. The predicted molar refractivity (Wildman–Crippen MR) is 73.5 cm³/mol. The highest BCUT2D eigenvalue weighted by atomic mass is 32.1. The van der Waals surface area contributed by atoms with Crippen LogP contribution in [0.4, 0.5) is 0 Å². The monoisotopic (exact) mass is 257 g/mol. The number of nitrogens with zero attached hydrogens (tertiary/aromatic N) is 1. The first kappa shape index (κ1) is 14.4.